The largest absolute Gasteiger partial charge is 0.460 e. The zero-order valence-corrected chi connectivity index (χ0v) is 11.5. The third kappa shape index (κ3) is 4.54. The normalized spacial score (nSPS) is 27.5. The van der Waals surface area contributed by atoms with Gasteiger partial charge in [0.25, 0.3) is 0 Å². The highest BCUT2D eigenvalue weighted by Gasteiger charge is 2.30. The van der Waals surface area contributed by atoms with Gasteiger partial charge in [0.2, 0.25) is 0 Å². The van der Waals surface area contributed by atoms with Crippen LogP contribution in [0, 0.1) is 11.8 Å². The van der Waals surface area contributed by atoms with E-state index in [2.05, 4.69) is 15.9 Å². The topological polar surface area (TPSA) is 26.3 Å². The maximum absolute atomic E-state index is 11.8. The molecule has 15 heavy (non-hydrogen) atoms. The number of rotatable bonds is 2. The highest BCUT2D eigenvalue weighted by atomic mass is 79.9. The Hall–Kier alpha value is -0.0500. The summed E-state index contributed by atoms with van der Waals surface area (Å²) >= 11 is 3.50. The summed E-state index contributed by atoms with van der Waals surface area (Å²) in [5.74, 6) is 0.768. The molecule has 0 aliphatic heterocycles. The van der Waals surface area contributed by atoms with Crippen molar-refractivity contribution in [2.45, 2.75) is 52.1 Å². The van der Waals surface area contributed by atoms with E-state index in [-0.39, 0.29) is 17.5 Å². The second-order valence-electron chi connectivity index (χ2n) is 5.42. The van der Waals surface area contributed by atoms with Crippen LogP contribution in [0.5, 0.6) is 0 Å². The van der Waals surface area contributed by atoms with Gasteiger partial charge in [0.15, 0.2) is 0 Å². The Morgan fingerprint density at radius 1 is 1.40 bits per heavy atom. The predicted molar refractivity (Wildman–Crippen MR) is 65.1 cm³/mol. The van der Waals surface area contributed by atoms with Gasteiger partial charge in [-0.25, -0.2) is 0 Å². The van der Waals surface area contributed by atoms with E-state index in [1.807, 2.05) is 20.8 Å². The summed E-state index contributed by atoms with van der Waals surface area (Å²) in [7, 11) is 0. The van der Waals surface area contributed by atoms with Gasteiger partial charge in [-0.2, -0.15) is 0 Å². The van der Waals surface area contributed by atoms with Crippen LogP contribution >= 0.6 is 15.9 Å². The molecule has 0 N–H and O–H groups in total. The molecule has 2 unspecified atom stereocenters. The molecule has 2 nitrogen and oxygen atoms in total. The first kappa shape index (κ1) is 13.0. The molecular weight excluding hydrogens is 256 g/mol. The Kier molecular flexibility index (Phi) is 4.63. The van der Waals surface area contributed by atoms with E-state index in [0.29, 0.717) is 5.92 Å². The van der Waals surface area contributed by atoms with Crippen LogP contribution in [0.3, 0.4) is 0 Å². The van der Waals surface area contributed by atoms with E-state index in [4.69, 9.17) is 4.74 Å². The minimum absolute atomic E-state index is 0.00634. The molecule has 1 saturated carbocycles. The van der Waals surface area contributed by atoms with E-state index in [1.54, 1.807) is 0 Å². The lowest BCUT2D eigenvalue weighted by Gasteiger charge is -2.29. The summed E-state index contributed by atoms with van der Waals surface area (Å²) in [4.78, 5) is 11.8. The highest BCUT2D eigenvalue weighted by molar-refractivity contribution is 9.09. The molecule has 1 rings (SSSR count). The summed E-state index contributed by atoms with van der Waals surface area (Å²) in [6, 6.07) is 0. The van der Waals surface area contributed by atoms with Crippen LogP contribution in [-0.2, 0) is 9.53 Å². The van der Waals surface area contributed by atoms with Crippen molar-refractivity contribution in [3.05, 3.63) is 0 Å². The number of hydrogen-bond donors (Lipinski definition) is 0. The van der Waals surface area contributed by atoms with Gasteiger partial charge in [0.05, 0.1) is 5.92 Å². The number of hydrogen-bond acceptors (Lipinski definition) is 2. The molecule has 0 aromatic carbocycles. The molecular formula is C12H21BrO2. The molecule has 1 fully saturated rings. The summed E-state index contributed by atoms with van der Waals surface area (Å²) < 4.78 is 5.42. The van der Waals surface area contributed by atoms with Gasteiger partial charge in [-0.15, -0.1) is 0 Å². The molecule has 1 aliphatic carbocycles. The van der Waals surface area contributed by atoms with Gasteiger partial charge in [0.1, 0.15) is 5.60 Å². The molecule has 0 heterocycles. The van der Waals surface area contributed by atoms with Crippen LogP contribution in [0.4, 0.5) is 0 Å². The molecule has 88 valence electrons. The number of halogens is 1. The van der Waals surface area contributed by atoms with Crippen molar-refractivity contribution < 1.29 is 9.53 Å². The number of alkyl halides is 1. The van der Waals surface area contributed by atoms with Crippen LogP contribution in [0.2, 0.25) is 0 Å². The van der Waals surface area contributed by atoms with Gasteiger partial charge >= 0.3 is 5.97 Å². The predicted octanol–water partition coefficient (Wildman–Crippen LogP) is 3.53. The van der Waals surface area contributed by atoms with Crippen LogP contribution < -0.4 is 0 Å². The lowest BCUT2D eigenvalue weighted by Crippen LogP contribution is -2.31. The standard InChI is InChI=1S/C12H21BrO2/c1-12(2,3)15-11(14)10-6-4-5-9(7-10)8-13/h9-10H,4-8H2,1-3H3. The average molecular weight is 277 g/mol. The van der Waals surface area contributed by atoms with Crippen LogP contribution in [0.25, 0.3) is 0 Å². The Labute approximate surface area is 101 Å². The van der Waals surface area contributed by atoms with Crippen molar-refractivity contribution in [3.63, 3.8) is 0 Å². The zero-order valence-electron chi connectivity index (χ0n) is 9.88. The Balaban J connectivity index is 2.45. The smallest absolute Gasteiger partial charge is 0.309 e. The highest BCUT2D eigenvalue weighted by Crippen LogP contribution is 2.31. The number of esters is 1. The zero-order chi connectivity index (χ0) is 11.5. The summed E-state index contributed by atoms with van der Waals surface area (Å²) in [6.07, 6.45) is 4.38. The molecule has 1 aliphatic rings. The monoisotopic (exact) mass is 276 g/mol. The van der Waals surface area contributed by atoms with Crippen molar-refractivity contribution in [1.82, 2.24) is 0 Å². The van der Waals surface area contributed by atoms with Crippen molar-refractivity contribution in [2.24, 2.45) is 11.8 Å². The van der Waals surface area contributed by atoms with Gasteiger partial charge in [-0.3, -0.25) is 4.79 Å². The Morgan fingerprint density at radius 2 is 2.07 bits per heavy atom. The van der Waals surface area contributed by atoms with Crippen LogP contribution in [-0.4, -0.2) is 16.9 Å². The van der Waals surface area contributed by atoms with Crippen molar-refractivity contribution in [2.75, 3.05) is 5.33 Å². The van der Waals surface area contributed by atoms with Gasteiger partial charge < -0.3 is 4.74 Å². The molecule has 2 atom stereocenters. The number of carbonyl (C=O) groups excluding carboxylic acids is 1. The lowest BCUT2D eigenvalue weighted by atomic mass is 9.82. The third-order valence-electron chi connectivity index (χ3n) is 2.74. The fourth-order valence-electron chi connectivity index (χ4n) is 2.03. The molecule has 0 amide bonds. The second kappa shape index (κ2) is 5.33. The molecule has 0 radical (unpaired) electrons. The fraction of sp³-hybridized carbons (Fsp3) is 0.917. The number of ether oxygens (including phenoxy) is 1. The lowest BCUT2D eigenvalue weighted by molar-refractivity contribution is -0.161. The molecule has 3 heteroatoms. The molecule has 0 spiro atoms. The van der Waals surface area contributed by atoms with E-state index in [1.165, 1.54) is 6.42 Å². The van der Waals surface area contributed by atoms with Crippen LogP contribution in [0.15, 0.2) is 0 Å². The first-order chi connectivity index (χ1) is 6.92. The molecule has 0 bridgehead atoms. The number of carbonyl (C=O) groups is 1. The minimum atomic E-state index is -0.349. The molecule has 0 aromatic rings. The van der Waals surface area contributed by atoms with E-state index >= 15 is 0 Å². The first-order valence-corrected chi connectivity index (χ1v) is 6.83. The third-order valence-corrected chi connectivity index (χ3v) is 3.66. The summed E-state index contributed by atoms with van der Waals surface area (Å²) in [6.45, 7) is 5.78. The van der Waals surface area contributed by atoms with E-state index in [0.717, 1.165) is 24.6 Å². The van der Waals surface area contributed by atoms with Crippen molar-refractivity contribution in [1.29, 1.82) is 0 Å². The Bertz CT molecular complexity index is 220. The maximum atomic E-state index is 11.8. The van der Waals surface area contributed by atoms with Gasteiger partial charge in [-0.05, 0) is 46.0 Å². The van der Waals surface area contributed by atoms with Gasteiger partial charge in [-0.1, -0.05) is 22.4 Å². The van der Waals surface area contributed by atoms with Gasteiger partial charge in [0, 0.05) is 5.33 Å². The van der Waals surface area contributed by atoms with E-state index in [9.17, 15) is 4.79 Å². The SMILES string of the molecule is CC(C)(C)OC(=O)C1CCCC(CBr)C1. The maximum Gasteiger partial charge on any atom is 0.309 e. The minimum Gasteiger partial charge on any atom is -0.460 e. The fourth-order valence-corrected chi connectivity index (χ4v) is 2.62. The molecule has 0 saturated heterocycles. The quantitative estimate of drug-likeness (QED) is 0.570. The van der Waals surface area contributed by atoms with Crippen molar-refractivity contribution >= 4 is 21.9 Å². The van der Waals surface area contributed by atoms with Crippen LogP contribution in [0.1, 0.15) is 46.5 Å². The van der Waals surface area contributed by atoms with E-state index < -0.39 is 0 Å². The first-order valence-electron chi connectivity index (χ1n) is 5.71. The average Bonchev–Trinajstić information content (AvgIpc) is 2.15. The second-order valence-corrected chi connectivity index (χ2v) is 6.06. The Morgan fingerprint density at radius 3 is 2.60 bits per heavy atom. The van der Waals surface area contributed by atoms with Crippen molar-refractivity contribution in [3.8, 4) is 0 Å². The summed E-state index contributed by atoms with van der Waals surface area (Å²) in [5.41, 5.74) is -0.349. The summed E-state index contributed by atoms with van der Waals surface area (Å²) in [5, 5.41) is 1.01. The molecule has 0 aromatic heterocycles.